The Morgan fingerprint density at radius 2 is 2.00 bits per heavy atom. The predicted molar refractivity (Wildman–Crippen MR) is 84.6 cm³/mol. The van der Waals surface area contributed by atoms with Gasteiger partial charge in [0, 0.05) is 11.6 Å². The smallest absolute Gasteiger partial charge is 0.142 e. The average Bonchev–Trinajstić information content (AvgIpc) is 2.48. The third-order valence-electron chi connectivity index (χ3n) is 3.53. The van der Waals surface area contributed by atoms with Crippen molar-refractivity contribution in [2.24, 2.45) is 0 Å². The van der Waals surface area contributed by atoms with Crippen molar-refractivity contribution in [2.75, 3.05) is 14.2 Å². The number of benzene rings is 2. The van der Waals surface area contributed by atoms with Crippen LogP contribution in [-0.2, 0) is 6.42 Å². The molecule has 2 nitrogen and oxygen atoms in total. The van der Waals surface area contributed by atoms with Crippen LogP contribution >= 0.6 is 11.6 Å². The van der Waals surface area contributed by atoms with Gasteiger partial charge in [-0.15, -0.1) is 0 Å². The lowest BCUT2D eigenvalue weighted by Gasteiger charge is -2.20. The zero-order valence-electron chi connectivity index (χ0n) is 12.4. The molecule has 0 saturated carbocycles. The molecular formula is C17H19ClFNO. The summed E-state index contributed by atoms with van der Waals surface area (Å²) < 4.78 is 19.0. The number of likely N-dealkylation sites (N-methyl/N-ethyl adjacent to an activating group) is 1. The number of nitrogens with one attached hydrogen (secondary N) is 1. The lowest BCUT2D eigenvalue weighted by atomic mass is 9.96. The van der Waals surface area contributed by atoms with E-state index in [0.29, 0.717) is 6.42 Å². The van der Waals surface area contributed by atoms with Crippen LogP contribution in [0.2, 0.25) is 5.02 Å². The maximum absolute atomic E-state index is 13.6. The summed E-state index contributed by atoms with van der Waals surface area (Å²) in [5, 5.41) is 3.41. The molecule has 112 valence electrons. The molecule has 2 aromatic carbocycles. The number of hydrogen-bond donors (Lipinski definition) is 1. The van der Waals surface area contributed by atoms with E-state index in [1.54, 1.807) is 13.2 Å². The summed E-state index contributed by atoms with van der Waals surface area (Å²) in [7, 11) is 3.54. The van der Waals surface area contributed by atoms with Gasteiger partial charge in [-0.05, 0) is 44.2 Å². The van der Waals surface area contributed by atoms with Crippen LogP contribution in [-0.4, -0.2) is 14.2 Å². The topological polar surface area (TPSA) is 21.3 Å². The highest BCUT2D eigenvalue weighted by Gasteiger charge is 2.16. The van der Waals surface area contributed by atoms with Gasteiger partial charge in [0.25, 0.3) is 0 Å². The van der Waals surface area contributed by atoms with Crippen LogP contribution in [0.3, 0.4) is 0 Å². The molecule has 0 aliphatic carbocycles. The van der Waals surface area contributed by atoms with Crippen LogP contribution in [0.1, 0.15) is 22.7 Å². The van der Waals surface area contributed by atoms with E-state index in [9.17, 15) is 4.39 Å². The standard InChI is InChI=1S/C17H19ClFNO/c1-11-4-7-17(21-3)13(8-11)16(20-2)10-12-5-6-14(18)15(19)9-12/h4-9,16,20H,10H2,1-3H3. The van der Waals surface area contributed by atoms with E-state index in [1.165, 1.54) is 6.07 Å². The average molecular weight is 308 g/mol. The quantitative estimate of drug-likeness (QED) is 0.889. The van der Waals surface area contributed by atoms with Crippen LogP contribution in [0.4, 0.5) is 4.39 Å². The summed E-state index contributed by atoms with van der Waals surface area (Å²) in [6, 6.07) is 11.0. The summed E-state index contributed by atoms with van der Waals surface area (Å²) in [6.45, 7) is 2.04. The van der Waals surface area contributed by atoms with Gasteiger partial charge in [0.1, 0.15) is 11.6 Å². The molecule has 4 heteroatoms. The highest BCUT2D eigenvalue weighted by Crippen LogP contribution is 2.29. The Hall–Kier alpha value is -1.58. The van der Waals surface area contributed by atoms with Crippen molar-refractivity contribution in [1.29, 1.82) is 0 Å². The van der Waals surface area contributed by atoms with Gasteiger partial charge < -0.3 is 10.1 Å². The van der Waals surface area contributed by atoms with Gasteiger partial charge in [-0.25, -0.2) is 4.39 Å². The minimum absolute atomic E-state index is 0.0421. The molecule has 0 amide bonds. The van der Waals surface area contributed by atoms with Gasteiger partial charge in [0.2, 0.25) is 0 Å². The molecule has 0 radical (unpaired) electrons. The second-order valence-corrected chi connectivity index (χ2v) is 5.45. The molecule has 0 aliphatic rings. The molecule has 0 aliphatic heterocycles. The molecule has 0 bridgehead atoms. The fourth-order valence-electron chi connectivity index (χ4n) is 2.40. The minimum atomic E-state index is -0.389. The van der Waals surface area contributed by atoms with Gasteiger partial charge in [0.15, 0.2) is 0 Å². The lowest BCUT2D eigenvalue weighted by Crippen LogP contribution is -2.19. The fraction of sp³-hybridized carbons (Fsp3) is 0.294. The molecule has 0 saturated heterocycles. The third kappa shape index (κ3) is 3.74. The Morgan fingerprint density at radius 1 is 1.24 bits per heavy atom. The molecule has 0 fully saturated rings. The lowest BCUT2D eigenvalue weighted by molar-refractivity contribution is 0.401. The zero-order chi connectivity index (χ0) is 15.4. The van der Waals surface area contributed by atoms with E-state index in [1.807, 2.05) is 32.2 Å². The van der Waals surface area contributed by atoms with Crippen LogP contribution in [0.15, 0.2) is 36.4 Å². The summed E-state index contributed by atoms with van der Waals surface area (Å²) in [5.74, 6) is 0.439. The van der Waals surface area contributed by atoms with Crippen molar-refractivity contribution in [3.63, 3.8) is 0 Å². The van der Waals surface area contributed by atoms with E-state index in [-0.39, 0.29) is 16.9 Å². The normalized spacial score (nSPS) is 12.2. The molecule has 0 aromatic heterocycles. The Kier molecular flexibility index (Phi) is 5.21. The monoisotopic (exact) mass is 307 g/mol. The first kappa shape index (κ1) is 15.8. The molecule has 21 heavy (non-hydrogen) atoms. The Balaban J connectivity index is 2.31. The first-order valence-corrected chi connectivity index (χ1v) is 7.18. The molecule has 2 rings (SSSR count). The number of aryl methyl sites for hydroxylation is 1. The minimum Gasteiger partial charge on any atom is -0.496 e. The van der Waals surface area contributed by atoms with Crippen molar-refractivity contribution in [3.8, 4) is 5.75 Å². The highest BCUT2D eigenvalue weighted by atomic mass is 35.5. The van der Waals surface area contributed by atoms with E-state index >= 15 is 0 Å². The van der Waals surface area contributed by atoms with Crippen LogP contribution < -0.4 is 10.1 Å². The molecule has 1 atom stereocenters. The molecule has 0 heterocycles. The summed E-state index contributed by atoms with van der Waals surface area (Å²) in [6.07, 6.45) is 0.657. The maximum Gasteiger partial charge on any atom is 0.142 e. The van der Waals surface area contributed by atoms with Crippen LogP contribution in [0.25, 0.3) is 0 Å². The SMILES string of the molecule is CNC(Cc1ccc(Cl)c(F)c1)c1cc(C)ccc1OC. The second kappa shape index (κ2) is 6.92. The Bertz CT molecular complexity index is 630. The van der Waals surface area contributed by atoms with Crippen molar-refractivity contribution >= 4 is 11.6 Å². The zero-order valence-corrected chi connectivity index (χ0v) is 13.2. The van der Waals surface area contributed by atoms with Crippen molar-refractivity contribution in [1.82, 2.24) is 5.32 Å². The first-order valence-electron chi connectivity index (χ1n) is 6.81. The van der Waals surface area contributed by atoms with E-state index in [2.05, 4.69) is 11.4 Å². The highest BCUT2D eigenvalue weighted by molar-refractivity contribution is 6.30. The molecule has 1 N–H and O–H groups in total. The molecule has 1 unspecified atom stereocenters. The van der Waals surface area contributed by atoms with Crippen LogP contribution in [0.5, 0.6) is 5.75 Å². The van der Waals surface area contributed by atoms with Crippen molar-refractivity contribution < 1.29 is 9.13 Å². The number of methoxy groups -OCH3 is 1. The maximum atomic E-state index is 13.6. The number of hydrogen-bond acceptors (Lipinski definition) is 2. The van der Waals surface area contributed by atoms with Crippen molar-refractivity contribution in [2.45, 2.75) is 19.4 Å². The molecule has 0 spiro atoms. The second-order valence-electron chi connectivity index (χ2n) is 5.04. The number of rotatable bonds is 5. The van der Waals surface area contributed by atoms with Gasteiger partial charge in [-0.3, -0.25) is 0 Å². The first-order chi connectivity index (χ1) is 10.0. The van der Waals surface area contributed by atoms with Gasteiger partial charge in [0.05, 0.1) is 12.1 Å². The summed E-state index contributed by atoms with van der Waals surface area (Å²) in [4.78, 5) is 0. The Labute approximate surface area is 129 Å². The molecular weight excluding hydrogens is 289 g/mol. The summed E-state index contributed by atoms with van der Waals surface area (Å²) in [5.41, 5.74) is 3.11. The predicted octanol–water partition coefficient (Wildman–Crippen LogP) is 4.30. The largest absolute Gasteiger partial charge is 0.496 e. The van der Waals surface area contributed by atoms with E-state index in [4.69, 9.17) is 16.3 Å². The van der Waals surface area contributed by atoms with Gasteiger partial charge >= 0.3 is 0 Å². The van der Waals surface area contributed by atoms with E-state index < -0.39 is 0 Å². The van der Waals surface area contributed by atoms with Gasteiger partial charge in [-0.1, -0.05) is 35.4 Å². The van der Waals surface area contributed by atoms with Gasteiger partial charge in [-0.2, -0.15) is 0 Å². The number of halogens is 2. The Morgan fingerprint density at radius 3 is 2.62 bits per heavy atom. The summed E-state index contributed by atoms with van der Waals surface area (Å²) >= 11 is 5.73. The molecule has 2 aromatic rings. The van der Waals surface area contributed by atoms with E-state index in [0.717, 1.165) is 22.4 Å². The third-order valence-corrected chi connectivity index (χ3v) is 3.84. The fourth-order valence-corrected chi connectivity index (χ4v) is 2.51. The van der Waals surface area contributed by atoms with Crippen LogP contribution in [0, 0.1) is 12.7 Å². The van der Waals surface area contributed by atoms with Crippen molar-refractivity contribution in [3.05, 3.63) is 63.9 Å². The number of ether oxygens (including phenoxy) is 1.